The van der Waals surface area contributed by atoms with Crippen molar-refractivity contribution in [3.05, 3.63) is 77.4 Å². The fourth-order valence-electron chi connectivity index (χ4n) is 2.62. The number of hydrogen-bond donors (Lipinski definition) is 2. The fraction of sp³-hybridized carbons (Fsp3) is 0.158. The first-order chi connectivity index (χ1) is 12.0. The Kier molecular flexibility index (Phi) is 5.09. The van der Waals surface area contributed by atoms with Crippen LogP contribution in [0.15, 0.2) is 54.6 Å². The number of nitrogens with one attached hydrogen (secondary N) is 2. The number of aromatic nitrogens is 2. The second-order valence-corrected chi connectivity index (χ2v) is 6.28. The van der Waals surface area contributed by atoms with E-state index in [2.05, 4.69) is 21.8 Å². The maximum absolute atomic E-state index is 13.2. The first-order valence-electron chi connectivity index (χ1n) is 7.93. The van der Waals surface area contributed by atoms with Gasteiger partial charge in [-0.2, -0.15) is 5.10 Å². The quantitative estimate of drug-likeness (QED) is 0.677. The van der Waals surface area contributed by atoms with Crippen LogP contribution in [0, 0.1) is 19.7 Å². The van der Waals surface area contributed by atoms with E-state index in [4.69, 9.17) is 12.2 Å². The highest BCUT2D eigenvalue weighted by molar-refractivity contribution is 7.80. The van der Waals surface area contributed by atoms with Gasteiger partial charge in [0, 0.05) is 17.1 Å². The van der Waals surface area contributed by atoms with Crippen LogP contribution in [-0.4, -0.2) is 14.9 Å². The molecule has 4 nitrogen and oxygen atoms in total. The average Bonchev–Trinajstić information content (AvgIpc) is 2.85. The molecule has 0 aliphatic rings. The summed E-state index contributed by atoms with van der Waals surface area (Å²) in [6.07, 6.45) is 0. The van der Waals surface area contributed by atoms with Gasteiger partial charge in [-0.1, -0.05) is 18.2 Å². The number of rotatable bonds is 4. The van der Waals surface area contributed by atoms with Crippen molar-refractivity contribution < 1.29 is 4.39 Å². The minimum Gasteiger partial charge on any atom is -0.332 e. The first-order valence-corrected chi connectivity index (χ1v) is 8.34. The minimum atomic E-state index is -0.306. The summed E-state index contributed by atoms with van der Waals surface area (Å²) in [4.78, 5) is 0. The molecule has 25 heavy (non-hydrogen) atoms. The van der Waals surface area contributed by atoms with E-state index in [1.165, 1.54) is 12.1 Å². The number of benzene rings is 2. The number of aryl methyl sites for hydroxylation is 2. The number of hydrogen-bond acceptors (Lipinski definition) is 2. The predicted octanol–water partition coefficient (Wildman–Crippen LogP) is 4.50. The van der Waals surface area contributed by atoms with Crippen molar-refractivity contribution >= 4 is 28.7 Å². The molecule has 0 radical (unpaired) electrons. The van der Waals surface area contributed by atoms with Crippen molar-refractivity contribution in [2.24, 2.45) is 0 Å². The summed E-state index contributed by atoms with van der Waals surface area (Å²) in [6, 6.07) is 16.2. The van der Waals surface area contributed by atoms with Crippen LogP contribution in [0.2, 0.25) is 0 Å². The minimum absolute atomic E-state index is 0.306. The van der Waals surface area contributed by atoms with Crippen LogP contribution in [0.25, 0.3) is 0 Å². The summed E-state index contributed by atoms with van der Waals surface area (Å²) in [5.74, 6) is -0.306. The zero-order valence-corrected chi connectivity index (χ0v) is 14.9. The first kappa shape index (κ1) is 17.1. The van der Waals surface area contributed by atoms with Crippen LogP contribution < -0.4 is 10.6 Å². The number of nitrogens with zero attached hydrogens (tertiary/aromatic N) is 2. The third-order valence-electron chi connectivity index (χ3n) is 3.70. The Morgan fingerprint density at radius 1 is 1.04 bits per heavy atom. The molecule has 1 aromatic heterocycles. The maximum Gasteiger partial charge on any atom is 0.175 e. The van der Waals surface area contributed by atoms with Gasteiger partial charge in [-0.15, -0.1) is 0 Å². The van der Waals surface area contributed by atoms with Crippen molar-refractivity contribution in [3.63, 3.8) is 0 Å². The Bertz CT molecular complexity index is 904. The van der Waals surface area contributed by atoms with Crippen molar-refractivity contribution in [1.29, 1.82) is 0 Å². The topological polar surface area (TPSA) is 41.9 Å². The molecule has 0 bridgehead atoms. The normalized spacial score (nSPS) is 10.5. The molecule has 3 aromatic rings. The van der Waals surface area contributed by atoms with Gasteiger partial charge in [0.15, 0.2) is 5.11 Å². The van der Waals surface area contributed by atoms with Crippen LogP contribution in [-0.2, 0) is 6.54 Å². The van der Waals surface area contributed by atoms with Gasteiger partial charge in [0.2, 0.25) is 0 Å². The van der Waals surface area contributed by atoms with Gasteiger partial charge in [0.1, 0.15) is 5.82 Å². The number of thiocarbonyl (C=S) groups is 1. The van der Waals surface area contributed by atoms with Gasteiger partial charge >= 0.3 is 0 Å². The van der Waals surface area contributed by atoms with Crippen LogP contribution in [0.1, 0.15) is 17.0 Å². The lowest BCUT2D eigenvalue weighted by Gasteiger charge is -2.12. The van der Waals surface area contributed by atoms with Gasteiger partial charge < -0.3 is 10.6 Å². The second kappa shape index (κ2) is 7.44. The lowest BCUT2D eigenvalue weighted by molar-refractivity contribution is 0.628. The molecule has 6 heteroatoms. The molecule has 0 saturated carbocycles. The van der Waals surface area contributed by atoms with Gasteiger partial charge in [-0.25, -0.2) is 4.39 Å². The van der Waals surface area contributed by atoms with Crippen LogP contribution in [0.4, 0.5) is 15.8 Å². The van der Waals surface area contributed by atoms with E-state index in [-0.39, 0.29) is 5.82 Å². The second-order valence-electron chi connectivity index (χ2n) is 5.87. The van der Waals surface area contributed by atoms with Gasteiger partial charge in [0.25, 0.3) is 0 Å². The molecule has 0 saturated heterocycles. The Balaban J connectivity index is 1.67. The molecule has 0 aliphatic heterocycles. The molecule has 2 N–H and O–H groups in total. The van der Waals surface area contributed by atoms with Gasteiger partial charge in [-0.05, 0) is 68.0 Å². The molecule has 0 unspecified atom stereocenters. The molecule has 128 valence electrons. The van der Waals surface area contributed by atoms with Crippen LogP contribution in [0.3, 0.4) is 0 Å². The Labute approximate surface area is 151 Å². The van der Waals surface area contributed by atoms with E-state index in [0.29, 0.717) is 17.3 Å². The van der Waals surface area contributed by atoms with E-state index in [0.717, 1.165) is 22.6 Å². The molecule has 0 amide bonds. The molecule has 0 aliphatic carbocycles. The van der Waals surface area contributed by atoms with Gasteiger partial charge in [-0.3, -0.25) is 4.68 Å². The zero-order chi connectivity index (χ0) is 17.8. The van der Waals surface area contributed by atoms with Crippen molar-refractivity contribution in [3.8, 4) is 0 Å². The van der Waals surface area contributed by atoms with Crippen molar-refractivity contribution in [2.45, 2.75) is 20.4 Å². The lowest BCUT2D eigenvalue weighted by atomic mass is 10.2. The SMILES string of the molecule is Cc1cc(C)n(Cc2cccc(NC(=S)Nc3cccc(F)c3)c2)n1. The van der Waals surface area contributed by atoms with E-state index >= 15 is 0 Å². The summed E-state index contributed by atoms with van der Waals surface area (Å²) in [6.45, 7) is 4.72. The molecule has 0 fully saturated rings. The third kappa shape index (κ3) is 4.64. The zero-order valence-electron chi connectivity index (χ0n) is 14.1. The van der Waals surface area contributed by atoms with Crippen LogP contribution in [0.5, 0.6) is 0 Å². The van der Waals surface area contributed by atoms with E-state index < -0.39 is 0 Å². The largest absolute Gasteiger partial charge is 0.332 e. The highest BCUT2D eigenvalue weighted by Gasteiger charge is 2.04. The van der Waals surface area contributed by atoms with Gasteiger partial charge in [0.05, 0.1) is 12.2 Å². The third-order valence-corrected chi connectivity index (χ3v) is 3.91. The monoisotopic (exact) mass is 354 g/mol. The molecular weight excluding hydrogens is 335 g/mol. The number of halogens is 1. The lowest BCUT2D eigenvalue weighted by Crippen LogP contribution is -2.19. The molecule has 1 heterocycles. The molecule has 2 aromatic carbocycles. The summed E-state index contributed by atoms with van der Waals surface area (Å²) in [7, 11) is 0. The maximum atomic E-state index is 13.2. The molecule has 0 atom stereocenters. The van der Waals surface area contributed by atoms with Crippen molar-refractivity contribution in [1.82, 2.24) is 9.78 Å². The van der Waals surface area contributed by atoms with E-state index in [9.17, 15) is 4.39 Å². The van der Waals surface area contributed by atoms with E-state index in [1.807, 2.05) is 42.8 Å². The smallest absolute Gasteiger partial charge is 0.175 e. The molecule has 0 spiro atoms. The fourth-order valence-corrected chi connectivity index (χ4v) is 2.85. The summed E-state index contributed by atoms with van der Waals surface area (Å²) in [5.41, 5.74) is 4.72. The predicted molar refractivity (Wildman–Crippen MR) is 103 cm³/mol. The highest BCUT2D eigenvalue weighted by atomic mass is 32.1. The number of anilines is 2. The Morgan fingerprint density at radius 3 is 2.36 bits per heavy atom. The Morgan fingerprint density at radius 2 is 1.72 bits per heavy atom. The standard InChI is InChI=1S/C19H19FN4S/c1-13-9-14(2)24(23-13)12-15-5-3-7-17(10-15)21-19(25)22-18-8-4-6-16(20)11-18/h3-11H,12H2,1-2H3,(H2,21,22,25). The summed E-state index contributed by atoms with van der Waals surface area (Å²) in [5, 5.41) is 11.0. The van der Waals surface area contributed by atoms with Crippen molar-refractivity contribution in [2.75, 3.05) is 10.6 Å². The highest BCUT2D eigenvalue weighted by Crippen LogP contribution is 2.15. The average molecular weight is 354 g/mol. The van der Waals surface area contributed by atoms with Crippen LogP contribution >= 0.6 is 12.2 Å². The molecular formula is C19H19FN4S. The Hall–Kier alpha value is -2.73. The van der Waals surface area contributed by atoms with E-state index in [1.54, 1.807) is 12.1 Å². The molecule has 3 rings (SSSR count). The summed E-state index contributed by atoms with van der Waals surface area (Å²) < 4.78 is 15.2. The summed E-state index contributed by atoms with van der Waals surface area (Å²) >= 11 is 5.30.